The van der Waals surface area contributed by atoms with Crippen LogP contribution in [0.3, 0.4) is 0 Å². The van der Waals surface area contributed by atoms with Crippen molar-refractivity contribution in [2.24, 2.45) is 10.9 Å². The van der Waals surface area contributed by atoms with Gasteiger partial charge >= 0.3 is 0 Å². The molecular formula is C23H25N3O5S. The molecule has 0 saturated carbocycles. The second kappa shape index (κ2) is 12.1. The number of aliphatic imine (C=N–C) groups is 1. The van der Waals surface area contributed by atoms with Gasteiger partial charge in [0, 0.05) is 42.2 Å². The zero-order chi connectivity index (χ0) is 22.8. The van der Waals surface area contributed by atoms with Crippen LogP contribution in [0.25, 0.3) is 16.8 Å². The summed E-state index contributed by atoms with van der Waals surface area (Å²) in [7, 11) is 1.84. The summed E-state index contributed by atoms with van der Waals surface area (Å²) >= 11 is 1.44. The van der Waals surface area contributed by atoms with Gasteiger partial charge in [-0.05, 0) is 50.9 Å². The van der Waals surface area contributed by atoms with Crippen LogP contribution < -0.4 is 5.32 Å². The first-order chi connectivity index (χ1) is 15.7. The minimum absolute atomic E-state index is 0.00943. The molecule has 1 aliphatic rings. The van der Waals surface area contributed by atoms with E-state index in [9.17, 15) is 9.59 Å². The maximum absolute atomic E-state index is 12.8. The van der Waals surface area contributed by atoms with Crippen molar-refractivity contribution in [2.75, 3.05) is 26.1 Å². The fourth-order valence-electron chi connectivity index (χ4n) is 3.16. The number of aromatic nitrogens is 1. The summed E-state index contributed by atoms with van der Waals surface area (Å²) in [6.45, 7) is 4.87. The molecule has 0 atom stereocenters. The van der Waals surface area contributed by atoms with Crippen LogP contribution in [0, 0.1) is 5.92 Å². The van der Waals surface area contributed by atoms with Gasteiger partial charge in [0.1, 0.15) is 5.70 Å². The second-order valence-electron chi connectivity index (χ2n) is 6.91. The lowest BCUT2D eigenvalue weighted by Gasteiger charge is -2.22. The number of pyridine rings is 1. The van der Waals surface area contributed by atoms with E-state index in [4.69, 9.17) is 13.6 Å². The van der Waals surface area contributed by atoms with Crippen molar-refractivity contribution in [3.8, 4) is 0 Å². The maximum Gasteiger partial charge on any atom is 0.225 e. The number of hydrogen-bond acceptors (Lipinski definition) is 9. The normalized spacial score (nSPS) is 14.9. The first-order valence-corrected chi connectivity index (χ1v) is 11.1. The lowest BCUT2D eigenvalue weighted by Crippen LogP contribution is -2.25. The number of carbonyl (C=O) groups is 2. The highest BCUT2D eigenvalue weighted by Gasteiger charge is 2.28. The van der Waals surface area contributed by atoms with E-state index in [0.29, 0.717) is 46.7 Å². The summed E-state index contributed by atoms with van der Waals surface area (Å²) in [5.41, 5.74) is 1.66. The van der Waals surface area contributed by atoms with Crippen molar-refractivity contribution < 1.29 is 23.2 Å². The average molecular weight is 456 g/mol. The van der Waals surface area contributed by atoms with Crippen molar-refractivity contribution >= 4 is 47.3 Å². The van der Waals surface area contributed by atoms with Crippen molar-refractivity contribution in [1.82, 2.24) is 10.3 Å². The number of rotatable bonds is 8. The SMILES string of the molecule is C=N/C(=C(\SCNC)C(=O)C1CCOCC1)c1ccco1.O=Cc1cnc2occc2c1. The van der Waals surface area contributed by atoms with Crippen LogP contribution in [0.15, 0.2) is 61.7 Å². The molecule has 32 heavy (non-hydrogen) atoms. The molecule has 0 aliphatic carbocycles. The number of Topliss-reactive ketones (excluding diaryl/α,β-unsaturated/α-hetero) is 1. The van der Waals surface area contributed by atoms with E-state index >= 15 is 0 Å². The average Bonchev–Trinajstić information content (AvgIpc) is 3.54. The van der Waals surface area contributed by atoms with Gasteiger partial charge in [-0.1, -0.05) is 0 Å². The van der Waals surface area contributed by atoms with Crippen molar-refractivity contribution in [1.29, 1.82) is 0 Å². The number of allylic oxidation sites excluding steroid dienone is 1. The van der Waals surface area contributed by atoms with Crippen molar-refractivity contribution in [3.63, 3.8) is 0 Å². The van der Waals surface area contributed by atoms with Crippen LogP contribution in [-0.4, -0.2) is 49.9 Å². The Kier molecular flexibility index (Phi) is 8.97. The highest BCUT2D eigenvalue weighted by Crippen LogP contribution is 2.33. The molecule has 0 amide bonds. The van der Waals surface area contributed by atoms with Gasteiger partial charge in [-0.3, -0.25) is 14.6 Å². The number of fused-ring (bicyclic) bond motifs is 1. The van der Waals surface area contributed by atoms with E-state index < -0.39 is 0 Å². The summed E-state index contributed by atoms with van der Waals surface area (Å²) < 4.78 is 15.7. The molecule has 0 aromatic carbocycles. The van der Waals surface area contributed by atoms with Crippen LogP contribution in [0.2, 0.25) is 0 Å². The topological polar surface area (TPSA) is 107 Å². The number of thioether (sulfide) groups is 1. The molecular weight excluding hydrogens is 430 g/mol. The lowest BCUT2D eigenvalue weighted by atomic mass is 9.94. The van der Waals surface area contributed by atoms with E-state index in [2.05, 4.69) is 22.0 Å². The predicted molar refractivity (Wildman–Crippen MR) is 125 cm³/mol. The zero-order valence-corrected chi connectivity index (χ0v) is 18.6. The van der Waals surface area contributed by atoms with Crippen LogP contribution in [-0.2, 0) is 9.53 Å². The van der Waals surface area contributed by atoms with E-state index in [1.807, 2.05) is 7.05 Å². The van der Waals surface area contributed by atoms with E-state index in [1.165, 1.54) is 18.0 Å². The summed E-state index contributed by atoms with van der Waals surface area (Å²) in [5.74, 6) is 1.30. The van der Waals surface area contributed by atoms with Gasteiger partial charge in [0.2, 0.25) is 5.71 Å². The van der Waals surface area contributed by atoms with Gasteiger partial charge in [-0.15, -0.1) is 11.8 Å². The Labute approximate surface area is 190 Å². The number of ether oxygens (including phenoxy) is 1. The molecule has 1 aliphatic heterocycles. The van der Waals surface area contributed by atoms with Crippen LogP contribution >= 0.6 is 11.8 Å². The molecule has 0 spiro atoms. The monoisotopic (exact) mass is 455 g/mol. The summed E-state index contributed by atoms with van der Waals surface area (Å²) in [4.78, 5) is 31.7. The summed E-state index contributed by atoms with van der Waals surface area (Å²) in [6.07, 6.45) is 6.88. The molecule has 0 bridgehead atoms. The Hall–Kier alpha value is -3.01. The number of hydrogen-bond donors (Lipinski definition) is 1. The molecule has 4 rings (SSSR count). The standard InChI is InChI=1S/C15H20N2O3S.C8H5NO2/c1-16-10-21-15(13(17-2)12-4-3-7-20-12)14(18)11-5-8-19-9-6-11;10-5-6-3-7-1-2-11-8(7)9-4-6/h3-4,7,11,16H,2,5-6,8-10H2,1H3;1-5H/b15-13-;. The van der Waals surface area contributed by atoms with Crippen LogP contribution in [0.4, 0.5) is 0 Å². The second-order valence-corrected chi connectivity index (χ2v) is 7.89. The Morgan fingerprint density at radius 1 is 1.31 bits per heavy atom. The van der Waals surface area contributed by atoms with E-state index in [1.54, 1.807) is 36.8 Å². The molecule has 0 radical (unpaired) electrons. The number of nitrogens with zero attached hydrogens (tertiary/aromatic N) is 2. The molecule has 0 unspecified atom stereocenters. The van der Waals surface area contributed by atoms with Crippen LogP contribution in [0.1, 0.15) is 29.0 Å². The summed E-state index contributed by atoms with van der Waals surface area (Å²) in [6, 6.07) is 7.08. The van der Waals surface area contributed by atoms with Gasteiger partial charge in [0.15, 0.2) is 17.8 Å². The van der Waals surface area contributed by atoms with E-state index in [0.717, 1.165) is 24.5 Å². The molecule has 3 aromatic rings. The quantitative estimate of drug-likeness (QED) is 0.233. The first kappa shape index (κ1) is 23.6. The van der Waals surface area contributed by atoms with Gasteiger partial charge in [-0.25, -0.2) is 4.98 Å². The molecule has 168 valence electrons. The number of carbonyl (C=O) groups excluding carboxylic acids is 2. The third kappa shape index (κ3) is 6.03. The Balaban J connectivity index is 0.000000219. The number of aldehydes is 1. The number of ketones is 1. The Morgan fingerprint density at radius 3 is 2.78 bits per heavy atom. The minimum Gasteiger partial charge on any atom is -0.463 e. The Bertz CT molecular complexity index is 1070. The third-order valence-corrected chi connectivity index (χ3v) is 5.88. The molecule has 9 heteroatoms. The molecule has 1 saturated heterocycles. The molecule has 8 nitrogen and oxygen atoms in total. The highest BCUT2D eigenvalue weighted by atomic mass is 32.2. The molecule has 4 heterocycles. The van der Waals surface area contributed by atoms with Gasteiger partial charge < -0.3 is 18.9 Å². The zero-order valence-electron chi connectivity index (χ0n) is 17.8. The number of nitrogens with one attached hydrogen (secondary N) is 1. The molecule has 3 aromatic heterocycles. The van der Waals surface area contributed by atoms with Crippen molar-refractivity contribution in [2.45, 2.75) is 12.8 Å². The number of furan rings is 2. The van der Waals surface area contributed by atoms with Crippen LogP contribution in [0.5, 0.6) is 0 Å². The van der Waals surface area contributed by atoms with Crippen molar-refractivity contribution in [3.05, 3.63) is 59.2 Å². The highest BCUT2D eigenvalue weighted by molar-refractivity contribution is 8.04. The third-order valence-electron chi connectivity index (χ3n) is 4.77. The minimum atomic E-state index is -0.00943. The van der Waals surface area contributed by atoms with Gasteiger partial charge in [0.25, 0.3) is 0 Å². The largest absolute Gasteiger partial charge is 0.463 e. The smallest absolute Gasteiger partial charge is 0.225 e. The van der Waals surface area contributed by atoms with E-state index in [-0.39, 0.29) is 11.7 Å². The first-order valence-electron chi connectivity index (χ1n) is 10.1. The van der Waals surface area contributed by atoms with Gasteiger partial charge in [-0.2, -0.15) is 0 Å². The predicted octanol–water partition coefficient (Wildman–Crippen LogP) is 4.19. The summed E-state index contributed by atoms with van der Waals surface area (Å²) in [5, 5.41) is 3.90. The fourth-order valence-corrected chi connectivity index (χ4v) is 4.06. The molecule has 1 N–H and O–H groups in total. The Morgan fingerprint density at radius 2 is 2.12 bits per heavy atom. The lowest BCUT2D eigenvalue weighted by molar-refractivity contribution is -0.121. The molecule has 1 fully saturated rings. The van der Waals surface area contributed by atoms with Gasteiger partial charge in [0.05, 0.1) is 17.4 Å². The maximum atomic E-state index is 12.8. The fraction of sp³-hybridized carbons (Fsp3) is 0.304.